The van der Waals surface area contributed by atoms with E-state index in [4.69, 9.17) is 5.73 Å². The number of hydrogen-bond acceptors (Lipinski definition) is 2. The summed E-state index contributed by atoms with van der Waals surface area (Å²) in [5.41, 5.74) is 6.05. The summed E-state index contributed by atoms with van der Waals surface area (Å²) in [6.45, 7) is 12.9. The molecular weight excluding hydrogens is 292 g/mol. The minimum absolute atomic E-state index is 0.362. The zero-order valence-electron chi connectivity index (χ0n) is 17.3. The molecule has 0 bridgehead atoms. The third-order valence-electron chi connectivity index (χ3n) is 6.63. The summed E-state index contributed by atoms with van der Waals surface area (Å²) in [6.07, 6.45) is 13.5. The minimum atomic E-state index is 0.362. The van der Waals surface area contributed by atoms with Crippen LogP contribution < -0.4 is 11.1 Å². The van der Waals surface area contributed by atoms with Crippen LogP contribution in [0.25, 0.3) is 0 Å². The van der Waals surface area contributed by atoms with Crippen LogP contribution in [0.4, 0.5) is 0 Å². The molecule has 144 valence electrons. The highest BCUT2D eigenvalue weighted by molar-refractivity contribution is 4.85. The van der Waals surface area contributed by atoms with E-state index in [1.54, 1.807) is 0 Å². The molecule has 1 aliphatic carbocycles. The van der Waals surface area contributed by atoms with Crippen molar-refractivity contribution >= 4 is 0 Å². The Morgan fingerprint density at radius 2 is 1.54 bits per heavy atom. The summed E-state index contributed by atoms with van der Waals surface area (Å²) < 4.78 is 0. The topological polar surface area (TPSA) is 38.0 Å². The second-order valence-corrected chi connectivity index (χ2v) is 8.54. The summed E-state index contributed by atoms with van der Waals surface area (Å²) in [7, 11) is 0. The lowest BCUT2D eigenvalue weighted by molar-refractivity contribution is 0.212. The third-order valence-corrected chi connectivity index (χ3v) is 6.63. The van der Waals surface area contributed by atoms with Crippen molar-refractivity contribution in [1.82, 2.24) is 5.32 Å². The van der Waals surface area contributed by atoms with Gasteiger partial charge in [-0.3, -0.25) is 0 Å². The zero-order chi connectivity index (χ0) is 17.9. The molecule has 0 spiro atoms. The Morgan fingerprint density at radius 1 is 0.917 bits per heavy atom. The molecule has 24 heavy (non-hydrogen) atoms. The fraction of sp³-hybridized carbons (Fsp3) is 1.00. The Morgan fingerprint density at radius 3 is 2.08 bits per heavy atom. The fourth-order valence-electron chi connectivity index (χ4n) is 4.93. The first-order valence-corrected chi connectivity index (χ1v) is 11.0. The van der Waals surface area contributed by atoms with Crippen molar-refractivity contribution in [3.05, 3.63) is 0 Å². The third kappa shape index (κ3) is 7.44. The van der Waals surface area contributed by atoms with Crippen molar-refractivity contribution in [2.24, 2.45) is 29.4 Å². The maximum Gasteiger partial charge on any atom is 0.00979 e. The highest BCUT2D eigenvalue weighted by atomic mass is 14.9. The predicted molar refractivity (Wildman–Crippen MR) is 108 cm³/mol. The molecule has 6 unspecified atom stereocenters. The number of rotatable bonds is 9. The van der Waals surface area contributed by atoms with Crippen LogP contribution in [-0.4, -0.2) is 18.6 Å². The Hall–Kier alpha value is -0.0800. The smallest absolute Gasteiger partial charge is 0.00979 e. The van der Waals surface area contributed by atoms with Crippen molar-refractivity contribution in [2.45, 2.75) is 111 Å². The maximum absolute atomic E-state index is 6.05. The molecule has 0 aliphatic heterocycles. The Kier molecular flexibility index (Phi) is 11.3. The molecule has 3 N–H and O–H groups in total. The van der Waals surface area contributed by atoms with Gasteiger partial charge in [-0.15, -0.1) is 0 Å². The van der Waals surface area contributed by atoms with Crippen molar-refractivity contribution in [3.63, 3.8) is 0 Å². The normalized spacial score (nSPS) is 33.5. The second-order valence-electron chi connectivity index (χ2n) is 8.54. The summed E-state index contributed by atoms with van der Waals surface area (Å²) >= 11 is 0. The van der Waals surface area contributed by atoms with E-state index in [-0.39, 0.29) is 0 Å². The molecule has 0 aromatic carbocycles. The van der Waals surface area contributed by atoms with Crippen molar-refractivity contribution < 1.29 is 0 Å². The lowest BCUT2D eigenvalue weighted by Crippen LogP contribution is -2.38. The van der Waals surface area contributed by atoms with Crippen molar-refractivity contribution in [1.29, 1.82) is 0 Å². The van der Waals surface area contributed by atoms with Gasteiger partial charge in [0.1, 0.15) is 0 Å². The SMILES string of the molecule is CCCNC1CC(CC)C(CC)CC(CCC(C)N)CCC1CC. The van der Waals surface area contributed by atoms with Crippen LogP contribution in [0.5, 0.6) is 0 Å². The average Bonchev–Trinajstić information content (AvgIpc) is 2.65. The summed E-state index contributed by atoms with van der Waals surface area (Å²) in [5, 5.41) is 3.92. The van der Waals surface area contributed by atoms with Gasteiger partial charge in [-0.05, 0) is 75.7 Å². The average molecular weight is 339 g/mol. The fourth-order valence-corrected chi connectivity index (χ4v) is 4.93. The van der Waals surface area contributed by atoms with Crippen LogP contribution in [0.2, 0.25) is 0 Å². The molecule has 2 heteroatoms. The lowest BCUT2D eigenvalue weighted by atomic mass is 9.77. The maximum atomic E-state index is 6.05. The highest BCUT2D eigenvalue weighted by Gasteiger charge is 2.31. The Balaban J connectivity index is 2.86. The largest absolute Gasteiger partial charge is 0.328 e. The number of hydrogen-bond donors (Lipinski definition) is 2. The van der Waals surface area contributed by atoms with Crippen LogP contribution >= 0.6 is 0 Å². The summed E-state index contributed by atoms with van der Waals surface area (Å²) in [5.74, 6) is 3.57. The van der Waals surface area contributed by atoms with E-state index >= 15 is 0 Å². The van der Waals surface area contributed by atoms with Crippen LogP contribution in [0.15, 0.2) is 0 Å². The first kappa shape index (κ1) is 22.0. The molecule has 2 nitrogen and oxygen atoms in total. The predicted octanol–water partition coefficient (Wildman–Crippen LogP) is 5.75. The quantitative estimate of drug-likeness (QED) is 0.561. The van der Waals surface area contributed by atoms with Gasteiger partial charge in [0.05, 0.1) is 0 Å². The van der Waals surface area contributed by atoms with Crippen LogP contribution in [0.1, 0.15) is 98.8 Å². The monoisotopic (exact) mass is 338 g/mol. The van der Waals surface area contributed by atoms with E-state index in [1.165, 1.54) is 70.8 Å². The van der Waals surface area contributed by atoms with Gasteiger partial charge < -0.3 is 11.1 Å². The van der Waals surface area contributed by atoms with Gasteiger partial charge >= 0.3 is 0 Å². The zero-order valence-corrected chi connectivity index (χ0v) is 17.3. The molecule has 0 saturated heterocycles. The van der Waals surface area contributed by atoms with E-state index in [1.807, 2.05) is 0 Å². The van der Waals surface area contributed by atoms with Gasteiger partial charge in [-0.25, -0.2) is 0 Å². The molecule has 1 fully saturated rings. The van der Waals surface area contributed by atoms with E-state index in [0.717, 1.165) is 29.7 Å². The molecule has 0 radical (unpaired) electrons. The Labute approximate surface area is 152 Å². The van der Waals surface area contributed by atoms with Crippen molar-refractivity contribution in [3.8, 4) is 0 Å². The van der Waals surface area contributed by atoms with Gasteiger partial charge in [0.25, 0.3) is 0 Å². The van der Waals surface area contributed by atoms with E-state index < -0.39 is 0 Å². The van der Waals surface area contributed by atoms with Gasteiger partial charge in [-0.1, -0.05) is 53.4 Å². The van der Waals surface area contributed by atoms with Crippen LogP contribution in [-0.2, 0) is 0 Å². The minimum Gasteiger partial charge on any atom is -0.328 e. The van der Waals surface area contributed by atoms with E-state index in [9.17, 15) is 0 Å². The highest BCUT2D eigenvalue weighted by Crippen LogP contribution is 2.38. The number of nitrogens with two attached hydrogens (primary N) is 1. The molecule has 6 atom stereocenters. The standard InChI is InChI=1S/C22H46N2/c1-6-14-24-22-16-21(9-4)20(8-3)15-18(11-10-17(5)23)12-13-19(22)7-2/h17-22,24H,6-16,23H2,1-5H3. The van der Waals surface area contributed by atoms with Gasteiger partial charge in [0.15, 0.2) is 0 Å². The van der Waals surface area contributed by atoms with Gasteiger partial charge in [0.2, 0.25) is 0 Å². The molecule has 0 aromatic heterocycles. The van der Waals surface area contributed by atoms with Crippen LogP contribution in [0.3, 0.4) is 0 Å². The summed E-state index contributed by atoms with van der Waals surface area (Å²) in [6, 6.07) is 1.10. The molecule has 1 rings (SSSR count). The lowest BCUT2D eigenvalue weighted by Gasteiger charge is -2.32. The van der Waals surface area contributed by atoms with Gasteiger partial charge in [0, 0.05) is 12.1 Å². The molecule has 1 aliphatic rings. The van der Waals surface area contributed by atoms with Gasteiger partial charge in [-0.2, -0.15) is 0 Å². The molecule has 0 aromatic rings. The van der Waals surface area contributed by atoms with Crippen molar-refractivity contribution in [2.75, 3.05) is 6.54 Å². The molecule has 0 heterocycles. The molecular formula is C22H46N2. The number of nitrogens with one attached hydrogen (secondary N) is 1. The Bertz CT molecular complexity index is 302. The first-order valence-electron chi connectivity index (χ1n) is 11.0. The molecule has 1 saturated carbocycles. The van der Waals surface area contributed by atoms with E-state index in [2.05, 4.69) is 39.9 Å². The first-order chi connectivity index (χ1) is 11.5. The van der Waals surface area contributed by atoms with E-state index in [0.29, 0.717) is 6.04 Å². The second kappa shape index (κ2) is 12.3. The summed E-state index contributed by atoms with van der Waals surface area (Å²) in [4.78, 5) is 0. The van der Waals surface area contributed by atoms with Crippen LogP contribution in [0, 0.1) is 23.7 Å². The molecule has 0 amide bonds.